The Bertz CT molecular complexity index is 1090. The summed E-state index contributed by atoms with van der Waals surface area (Å²) < 4.78 is 25.9. The van der Waals surface area contributed by atoms with Gasteiger partial charge in [-0.2, -0.15) is 0 Å². The molecule has 0 bridgehead atoms. The van der Waals surface area contributed by atoms with Gasteiger partial charge in [0.1, 0.15) is 12.4 Å². The Morgan fingerprint density at radius 2 is 1.71 bits per heavy atom. The second kappa shape index (κ2) is 15.5. The molecule has 1 aromatic rings. The maximum atomic E-state index is 11.4. The van der Waals surface area contributed by atoms with E-state index in [4.69, 9.17) is 18.9 Å². The van der Waals surface area contributed by atoms with Gasteiger partial charge in [-0.3, -0.25) is 4.90 Å². The lowest BCUT2D eigenvalue weighted by molar-refractivity contribution is -0.298. The van der Waals surface area contributed by atoms with E-state index in [9.17, 15) is 5.11 Å². The van der Waals surface area contributed by atoms with E-state index < -0.39 is 18.0 Å². The number of aliphatic hydroxyl groups excluding tert-OH is 1. The lowest BCUT2D eigenvalue weighted by Crippen LogP contribution is -2.58. The zero-order valence-corrected chi connectivity index (χ0v) is 29.9. The molecular weight excluding hydrogens is 566 g/mol. The van der Waals surface area contributed by atoms with Crippen LogP contribution in [0.2, 0.25) is 0 Å². The molecule has 3 heterocycles. The molecule has 45 heavy (non-hydrogen) atoms. The highest BCUT2D eigenvalue weighted by atomic mass is 16.7. The molecule has 1 aromatic carbocycles. The summed E-state index contributed by atoms with van der Waals surface area (Å²) in [6, 6.07) is 8.78. The molecule has 3 aliphatic rings. The molecule has 1 N–H and O–H groups in total. The molecule has 0 spiro atoms. The number of aliphatic hydroxyl groups is 1. The number of methoxy groups -OCH3 is 1. The topological polar surface area (TPSA) is 66.9 Å². The maximum absolute atomic E-state index is 11.4. The molecule has 8 nitrogen and oxygen atoms in total. The lowest BCUT2D eigenvalue weighted by atomic mass is 9.75. The van der Waals surface area contributed by atoms with Crippen LogP contribution in [0.25, 0.3) is 0 Å². The molecule has 256 valence electrons. The molecule has 4 rings (SSSR count). The fourth-order valence-electron chi connectivity index (χ4n) is 8.12. The van der Waals surface area contributed by atoms with E-state index in [-0.39, 0.29) is 29.6 Å². The molecule has 8 atom stereocenters. The standard InChI is InChI=1S/C37H63N3O5/c1-26-19-37(6,42-10)34(45-35-33(41)32(38(7)8)18-28(3)44-35)27(2)20-36(4,5)25-43-24-31(39(9)21-26)16-13-17-40-22-29-14-11-12-15-30(29)23-40/h11-12,14-15,24,26-28,32-35,41H,13,16-23,25H2,1-10H3/t26-,27-,28-,32+,33-,34-,35+,37-/m1/s1. The number of ether oxygens (including phenoxy) is 4. The average Bonchev–Trinajstić information content (AvgIpc) is 3.38. The Morgan fingerprint density at radius 3 is 2.33 bits per heavy atom. The summed E-state index contributed by atoms with van der Waals surface area (Å²) in [5, 5.41) is 11.4. The van der Waals surface area contributed by atoms with Gasteiger partial charge in [-0.05, 0) is 95.0 Å². The first-order chi connectivity index (χ1) is 21.2. The summed E-state index contributed by atoms with van der Waals surface area (Å²) in [7, 11) is 8.02. The first-order valence-corrected chi connectivity index (χ1v) is 17.2. The van der Waals surface area contributed by atoms with Crippen molar-refractivity contribution in [3.05, 3.63) is 47.4 Å². The molecule has 0 unspecified atom stereocenters. The van der Waals surface area contributed by atoms with Crippen LogP contribution in [-0.4, -0.2) is 104 Å². The number of hydrogen-bond acceptors (Lipinski definition) is 8. The Kier molecular flexibility index (Phi) is 12.4. The van der Waals surface area contributed by atoms with Crippen LogP contribution in [0.4, 0.5) is 0 Å². The molecule has 0 radical (unpaired) electrons. The Labute approximate surface area is 274 Å². The van der Waals surface area contributed by atoms with Gasteiger partial charge in [0.25, 0.3) is 0 Å². The Hall–Kier alpha value is -1.68. The first kappa shape index (κ1) is 36.2. The lowest BCUT2D eigenvalue weighted by Gasteiger charge is -2.47. The van der Waals surface area contributed by atoms with E-state index in [1.807, 2.05) is 20.4 Å². The van der Waals surface area contributed by atoms with Gasteiger partial charge in [-0.15, -0.1) is 0 Å². The number of hydrogen-bond donors (Lipinski definition) is 1. The third-order valence-corrected chi connectivity index (χ3v) is 10.4. The van der Waals surface area contributed by atoms with Gasteiger partial charge in [0.15, 0.2) is 6.29 Å². The van der Waals surface area contributed by atoms with Crippen molar-refractivity contribution in [1.29, 1.82) is 0 Å². The van der Waals surface area contributed by atoms with E-state index in [2.05, 4.69) is 87.6 Å². The minimum Gasteiger partial charge on any atom is -0.499 e. The monoisotopic (exact) mass is 629 g/mol. The van der Waals surface area contributed by atoms with Crippen molar-refractivity contribution >= 4 is 0 Å². The summed E-state index contributed by atoms with van der Waals surface area (Å²) >= 11 is 0. The summed E-state index contributed by atoms with van der Waals surface area (Å²) in [5.41, 5.74) is 3.50. The van der Waals surface area contributed by atoms with Gasteiger partial charge >= 0.3 is 0 Å². The molecule has 1 saturated heterocycles. The van der Waals surface area contributed by atoms with E-state index >= 15 is 0 Å². The predicted octanol–water partition coefficient (Wildman–Crippen LogP) is 5.88. The third-order valence-electron chi connectivity index (χ3n) is 10.4. The summed E-state index contributed by atoms with van der Waals surface area (Å²) in [6.07, 6.45) is 4.81. The van der Waals surface area contributed by atoms with Crippen LogP contribution >= 0.6 is 0 Å². The zero-order valence-electron chi connectivity index (χ0n) is 29.9. The van der Waals surface area contributed by atoms with Crippen LogP contribution in [-0.2, 0) is 32.0 Å². The molecule has 0 aliphatic carbocycles. The molecular formula is C37H63N3O5. The van der Waals surface area contributed by atoms with Crippen LogP contribution in [0.3, 0.4) is 0 Å². The SMILES string of the molecule is CO[C@]1(C)C[C@@H](C)CN(C)C(CCCN2Cc3ccccc3C2)=COCC(C)(C)C[C@@H](C)[C@H]1O[C@@H]1O[C@H](C)C[C@H](N(C)C)[C@H]1O. The smallest absolute Gasteiger partial charge is 0.185 e. The van der Waals surface area contributed by atoms with Crippen molar-refractivity contribution in [3.63, 3.8) is 0 Å². The largest absolute Gasteiger partial charge is 0.499 e. The molecule has 8 heteroatoms. The number of allylic oxidation sites excluding steroid dienone is 1. The van der Waals surface area contributed by atoms with Gasteiger partial charge in [0.2, 0.25) is 0 Å². The third kappa shape index (κ3) is 9.45. The number of fused-ring (bicyclic) bond motifs is 1. The highest BCUT2D eigenvalue weighted by Crippen LogP contribution is 2.39. The van der Waals surface area contributed by atoms with Crippen molar-refractivity contribution in [2.45, 2.75) is 123 Å². The fraction of sp³-hybridized carbons (Fsp3) is 0.784. The molecule has 0 aromatic heterocycles. The predicted molar refractivity (Wildman–Crippen MR) is 181 cm³/mol. The van der Waals surface area contributed by atoms with Crippen molar-refractivity contribution in [2.24, 2.45) is 17.3 Å². The molecule has 0 saturated carbocycles. The van der Waals surface area contributed by atoms with Crippen LogP contribution in [0.5, 0.6) is 0 Å². The fourth-order valence-corrected chi connectivity index (χ4v) is 8.12. The van der Waals surface area contributed by atoms with Crippen molar-refractivity contribution in [3.8, 4) is 0 Å². The normalized spacial score (nSPS) is 35.2. The van der Waals surface area contributed by atoms with Crippen molar-refractivity contribution in [1.82, 2.24) is 14.7 Å². The highest BCUT2D eigenvalue weighted by Gasteiger charge is 2.47. The first-order valence-electron chi connectivity index (χ1n) is 17.2. The highest BCUT2D eigenvalue weighted by molar-refractivity contribution is 5.30. The second-order valence-corrected chi connectivity index (χ2v) is 15.7. The van der Waals surface area contributed by atoms with Gasteiger partial charge in [0.05, 0.1) is 24.4 Å². The summed E-state index contributed by atoms with van der Waals surface area (Å²) in [4.78, 5) is 7.01. The zero-order chi connectivity index (χ0) is 32.9. The van der Waals surface area contributed by atoms with Gasteiger partial charge in [-0.25, -0.2) is 0 Å². The van der Waals surface area contributed by atoms with E-state index in [1.54, 1.807) is 7.11 Å². The van der Waals surface area contributed by atoms with E-state index in [0.29, 0.717) is 12.5 Å². The van der Waals surface area contributed by atoms with Crippen molar-refractivity contribution in [2.75, 3.05) is 47.9 Å². The van der Waals surface area contributed by atoms with Gasteiger partial charge < -0.3 is 33.9 Å². The van der Waals surface area contributed by atoms with Crippen LogP contribution in [0.1, 0.15) is 84.8 Å². The maximum Gasteiger partial charge on any atom is 0.185 e. The number of likely N-dealkylation sites (N-methyl/N-ethyl adjacent to an activating group) is 1. The van der Waals surface area contributed by atoms with Crippen LogP contribution < -0.4 is 0 Å². The number of rotatable bonds is 8. The van der Waals surface area contributed by atoms with Crippen LogP contribution in [0.15, 0.2) is 36.2 Å². The van der Waals surface area contributed by atoms with E-state index in [0.717, 1.165) is 58.3 Å². The number of benzene rings is 1. The summed E-state index contributed by atoms with van der Waals surface area (Å²) in [5.74, 6) is 0.465. The minimum absolute atomic E-state index is 0.00707. The molecule has 3 aliphatic heterocycles. The Morgan fingerprint density at radius 1 is 1.04 bits per heavy atom. The quantitative estimate of drug-likeness (QED) is 0.383. The average molecular weight is 630 g/mol. The molecule has 0 amide bonds. The van der Waals surface area contributed by atoms with Gasteiger partial charge in [0, 0.05) is 45.5 Å². The van der Waals surface area contributed by atoms with Crippen LogP contribution in [0, 0.1) is 17.3 Å². The summed E-state index contributed by atoms with van der Waals surface area (Å²) in [6.45, 7) is 18.0. The van der Waals surface area contributed by atoms with Crippen molar-refractivity contribution < 1.29 is 24.1 Å². The second-order valence-electron chi connectivity index (χ2n) is 15.7. The van der Waals surface area contributed by atoms with E-state index in [1.165, 1.54) is 16.8 Å². The van der Waals surface area contributed by atoms with Gasteiger partial charge in [-0.1, -0.05) is 52.0 Å². The minimum atomic E-state index is -0.740. The Balaban J connectivity index is 1.48. The number of nitrogens with zero attached hydrogens (tertiary/aromatic N) is 3. The molecule has 1 fully saturated rings.